The predicted octanol–water partition coefficient (Wildman–Crippen LogP) is 4.82. The summed E-state index contributed by atoms with van der Waals surface area (Å²) in [4.78, 5) is 12.3. The van der Waals surface area contributed by atoms with Gasteiger partial charge < -0.3 is 9.47 Å². The average molecular weight is 348 g/mol. The van der Waals surface area contributed by atoms with Gasteiger partial charge in [0.15, 0.2) is 0 Å². The van der Waals surface area contributed by atoms with Gasteiger partial charge >= 0.3 is 5.97 Å². The number of hydrogen-bond donors (Lipinski definition) is 0. The third-order valence-electron chi connectivity index (χ3n) is 5.31. The maximum Gasteiger partial charge on any atom is 0.312 e. The first-order valence-electron chi connectivity index (χ1n) is 9.43. The number of carbonyl (C=O) groups excluding carboxylic acids is 1. The fraction of sp³-hybridized carbons (Fsp3) is 0.348. The summed E-state index contributed by atoms with van der Waals surface area (Å²) >= 11 is 0. The van der Waals surface area contributed by atoms with Crippen LogP contribution in [0, 0.1) is 11.8 Å². The lowest BCUT2D eigenvalue weighted by molar-refractivity contribution is -0.167. The van der Waals surface area contributed by atoms with Crippen LogP contribution in [0.4, 0.5) is 0 Å². The summed E-state index contributed by atoms with van der Waals surface area (Å²) in [6.45, 7) is 2.70. The Labute approximate surface area is 154 Å². The van der Waals surface area contributed by atoms with Crippen molar-refractivity contribution in [3.05, 3.63) is 77.4 Å². The van der Waals surface area contributed by atoms with Gasteiger partial charge in [0.1, 0.15) is 0 Å². The molecule has 3 unspecified atom stereocenters. The second kappa shape index (κ2) is 7.46. The van der Waals surface area contributed by atoms with E-state index in [1.165, 1.54) is 22.3 Å². The highest BCUT2D eigenvalue weighted by Crippen LogP contribution is 2.48. The molecule has 2 aromatic rings. The topological polar surface area (TPSA) is 35.5 Å². The van der Waals surface area contributed by atoms with Crippen LogP contribution in [0.25, 0.3) is 5.57 Å². The van der Waals surface area contributed by atoms with E-state index in [9.17, 15) is 4.79 Å². The molecule has 0 amide bonds. The first kappa shape index (κ1) is 17.0. The van der Waals surface area contributed by atoms with Crippen molar-refractivity contribution in [3.8, 4) is 0 Å². The highest BCUT2D eigenvalue weighted by Gasteiger charge is 2.50. The lowest BCUT2D eigenvalue weighted by atomic mass is 9.91. The van der Waals surface area contributed by atoms with E-state index in [0.29, 0.717) is 6.61 Å². The summed E-state index contributed by atoms with van der Waals surface area (Å²) in [5, 5.41) is 0. The summed E-state index contributed by atoms with van der Waals surface area (Å²) in [6, 6.07) is 20.9. The summed E-state index contributed by atoms with van der Waals surface area (Å²) in [5.74, 6) is -0.0488. The van der Waals surface area contributed by atoms with E-state index in [0.717, 1.165) is 19.3 Å². The van der Waals surface area contributed by atoms with Gasteiger partial charge in [0, 0.05) is 5.92 Å². The second-order valence-electron chi connectivity index (χ2n) is 7.07. The van der Waals surface area contributed by atoms with Gasteiger partial charge in [-0.05, 0) is 36.0 Å². The number of esters is 1. The molecule has 134 valence electrons. The second-order valence-corrected chi connectivity index (χ2v) is 7.07. The van der Waals surface area contributed by atoms with Crippen LogP contribution in [-0.2, 0) is 14.3 Å². The number of fused-ring (bicyclic) bond motifs is 1. The molecule has 1 saturated carbocycles. The zero-order chi connectivity index (χ0) is 17.9. The normalized spacial score (nSPS) is 24.4. The van der Waals surface area contributed by atoms with E-state index >= 15 is 0 Å². The SMILES string of the molecule is CCCOC1OC(=O)C2CC(=C(c3ccccc3)c3ccccc3)CC12. The van der Waals surface area contributed by atoms with Crippen molar-refractivity contribution in [3.63, 3.8) is 0 Å². The Morgan fingerprint density at radius 2 is 1.62 bits per heavy atom. The van der Waals surface area contributed by atoms with Gasteiger partial charge in [-0.3, -0.25) is 4.79 Å². The zero-order valence-electron chi connectivity index (χ0n) is 15.1. The third kappa shape index (κ3) is 3.19. The smallest absolute Gasteiger partial charge is 0.312 e. The van der Waals surface area contributed by atoms with E-state index < -0.39 is 6.29 Å². The first-order chi connectivity index (χ1) is 12.8. The molecule has 0 aromatic heterocycles. The van der Waals surface area contributed by atoms with Crippen molar-refractivity contribution in [2.24, 2.45) is 11.8 Å². The van der Waals surface area contributed by atoms with E-state index in [1.54, 1.807) is 0 Å². The molecule has 3 nitrogen and oxygen atoms in total. The molecule has 0 bridgehead atoms. The Balaban J connectivity index is 1.72. The maximum absolute atomic E-state index is 12.3. The molecule has 1 aliphatic heterocycles. The van der Waals surface area contributed by atoms with Crippen molar-refractivity contribution < 1.29 is 14.3 Å². The number of hydrogen-bond acceptors (Lipinski definition) is 3. The Bertz CT molecular complexity index is 753. The molecule has 1 aliphatic carbocycles. The molecule has 26 heavy (non-hydrogen) atoms. The molecule has 1 saturated heterocycles. The molecule has 2 aromatic carbocycles. The fourth-order valence-corrected chi connectivity index (χ4v) is 4.14. The minimum absolute atomic E-state index is 0.0747. The van der Waals surface area contributed by atoms with E-state index in [1.807, 2.05) is 12.1 Å². The van der Waals surface area contributed by atoms with Crippen molar-refractivity contribution in [2.45, 2.75) is 32.5 Å². The van der Waals surface area contributed by atoms with Crippen molar-refractivity contribution >= 4 is 11.5 Å². The fourth-order valence-electron chi connectivity index (χ4n) is 4.14. The first-order valence-corrected chi connectivity index (χ1v) is 9.43. The van der Waals surface area contributed by atoms with Crippen molar-refractivity contribution in [1.29, 1.82) is 0 Å². The van der Waals surface area contributed by atoms with Gasteiger partial charge in [0.2, 0.25) is 6.29 Å². The Morgan fingerprint density at radius 3 is 2.19 bits per heavy atom. The lowest BCUT2D eigenvalue weighted by Crippen LogP contribution is -2.20. The van der Waals surface area contributed by atoms with Gasteiger partial charge in [0.25, 0.3) is 0 Å². The molecular weight excluding hydrogens is 324 g/mol. The molecule has 3 heteroatoms. The molecule has 1 heterocycles. The van der Waals surface area contributed by atoms with Crippen LogP contribution in [0.15, 0.2) is 66.2 Å². The van der Waals surface area contributed by atoms with Gasteiger partial charge in [-0.1, -0.05) is 73.2 Å². The molecule has 4 rings (SSSR count). The van der Waals surface area contributed by atoms with Crippen LogP contribution in [0.2, 0.25) is 0 Å². The summed E-state index contributed by atoms with van der Waals surface area (Å²) in [7, 11) is 0. The van der Waals surface area contributed by atoms with Gasteiger partial charge in [-0.15, -0.1) is 0 Å². The van der Waals surface area contributed by atoms with Gasteiger partial charge in [0.05, 0.1) is 12.5 Å². The molecule has 3 atom stereocenters. The van der Waals surface area contributed by atoms with E-state index in [2.05, 4.69) is 55.5 Å². The quantitative estimate of drug-likeness (QED) is 0.727. The molecular formula is C23H24O3. The Hall–Kier alpha value is -2.39. The largest absolute Gasteiger partial charge is 0.435 e. The number of rotatable bonds is 5. The highest BCUT2D eigenvalue weighted by molar-refractivity contribution is 5.84. The van der Waals surface area contributed by atoms with E-state index in [-0.39, 0.29) is 17.8 Å². The van der Waals surface area contributed by atoms with Crippen LogP contribution in [0.3, 0.4) is 0 Å². The number of cyclic esters (lactones) is 1. The van der Waals surface area contributed by atoms with Crippen molar-refractivity contribution in [1.82, 2.24) is 0 Å². The number of carbonyl (C=O) groups is 1. The molecule has 2 aliphatic rings. The van der Waals surface area contributed by atoms with Crippen LogP contribution in [0.5, 0.6) is 0 Å². The standard InChI is InChI=1S/C23H24O3/c1-2-13-25-23-20-15-18(14-19(20)22(24)26-23)21(16-9-5-3-6-10-16)17-11-7-4-8-12-17/h3-12,19-20,23H,2,13-15H2,1H3. The minimum atomic E-state index is -0.391. The van der Waals surface area contributed by atoms with Gasteiger partial charge in [-0.25, -0.2) is 0 Å². The summed E-state index contributed by atoms with van der Waals surface area (Å²) < 4.78 is 11.3. The Morgan fingerprint density at radius 1 is 1.00 bits per heavy atom. The summed E-state index contributed by atoms with van der Waals surface area (Å²) in [5.41, 5.74) is 4.99. The predicted molar refractivity (Wildman–Crippen MR) is 101 cm³/mol. The number of allylic oxidation sites excluding steroid dienone is 1. The minimum Gasteiger partial charge on any atom is -0.435 e. The van der Waals surface area contributed by atoms with Crippen LogP contribution in [0.1, 0.15) is 37.3 Å². The van der Waals surface area contributed by atoms with Crippen LogP contribution >= 0.6 is 0 Å². The number of benzene rings is 2. The molecule has 0 N–H and O–H groups in total. The summed E-state index contributed by atoms with van der Waals surface area (Å²) in [6.07, 6.45) is 2.14. The van der Waals surface area contributed by atoms with Gasteiger partial charge in [-0.2, -0.15) is 0 Å². The Kier molecular flexibility index (Phi) is 4.89. The highest BCUT2D eigenvalue weighted by atomic mass is 16.7. The monoisotopic (exact) mass is 348 g/mol. The van der Waals surface area contributed by atoms with Crippen LogP contribution in [-0.4, -0.2) is 18.9 Å². The van der Waals surface area contributed by atoms with E-state index in [4.69, 9.17) is 9.47 Å². The molecule has 2 fully saturated rings. The number of ether oxygens (including phenoxy) is 2. The van der Waals surface area contributed by atoms with Crippen molar-refractivity contribution in [2.75, 3.05) is 6.61 Å². The molecule has 0 radical (unpaired) electrons. The zero-order valence-corrected chi connectivity index (χ0v) is 15.1. The molecule has 0 spiro atoms. The van der Waals surface area contributed by atoms with Crippen LogP contribution < -0.4 is 0 Å². The third-order valence-corrected chi connectivity index (χ3v) is 5.31. The average Bonchev–Trinajstić information content (AvgIpc) is 3.23. The lowest BCUT2D eigenvalue weighted by Gasteiger charge is -2.17. The maximum atomic E-state index is 12.3.